The van der Waals surface area contributed by atoms with Gasteiger partial charge in [-0.3, -0.25) is 14.5 Å². The fourth-order valence-electron chi connectivity index (χ4n) is 4.11. The lowest BCUT2D eigenvalue weighted by Crippen LogP contribution is -2.29. The van der Waals surface area contributed by atoms with E-state index in [-0.39, 0.29) is 44.7 Å². The van der Waals surface area contributed by atoms with Crippen LogP contribution in [0.3, 0.4) is 0 Å². The third-order valence-electron chi connectivity index (χ3n) is 5.83. The standard InChI is InChI=1S/C26H19ClF3NO6/c1-36-19-12-18(27)20(37-2)11-17(19)23(33)21-22(13-4-3-5-16(32)10-13)31(25(35)24(21)34)15-8-6-14(7-9-15)26(28,29)30/h3-12,22,32-33H,1-2H3/b23-21+. The van der Waals surface area contributed by atoms with E-state index in [9.17, 15) is 33.0 Å². The maximum atomic E-state index is 13.3. The molecule has 1 unspecified atom stereocenters. The lowest BCUT2D eigenvalue weighted by atomic mass is 9.94. The lowest BCUT2D eigenvalue weighted by Gasteiger charge is -2.26. The molecule has 3 aromatic carbocycles. The second-order valence-corrected chi connectivity index (χ2v) is 8.40. The first-order valence-corrected chi connectivity index (χ1v) is 11.0. The van der Waals surface area contributed by atoms with Crippen molar-refractivity contribution in [2.75, 3.05) is 19.1 Å². The number of ketones is 1. The molecule has 11 heteroatoms. The van der Waals surface area contributed by atoms with E-state index in [1.165, 1.54) is 50.6 Å². The van der Waals surface area contributed by atoms with Gasteiger partial charge in [0, 0.05) is 11.8 Å². The molecule has 7 nitrogen and oxygen atoms in total. The van der Waals surface area contributed by atoms with Crippen LogP contribution in [-0.4, -0.2) is 36.1 Å². The molecular weight excluding hydrogens is 515 g/mol. The number of hydrogen-bond donors (Lipinski definition) is 2. The highest BCUT2D eigenvalue weighted by molar-refractivity contribution is 6.51. The first-order chi connectivity index (χ1) is 17.5. The van der Waals surface area contributed by atoms with E-state index >= 15 is 0 Å². The van der Waals surface area contributed by atoms with Crippen LogP contribution in [0.1, 0.15) is 22.7 Å². The van der Waals surface area contributed by atoms with E-state index in [2.05, 4.69) is 0 Å². The van der Waals surface area contributed by atoms with Crippen molar-refractivity contribution >= 4 is 34.7 Å². The molecule has 37 heavy (non-hydrogen) atoms. The Labute approximate surface area is 213 Å². The summed E-state index contributed by atoms with van der Waals surface area (Å²) in [6, 6.07) is 10.6. The first kappa shape index (κ1) is 25.9. The molecule has 0 spiro atoms. The van der Waals surface area contributed by atoms with Gasteiger partial charge in [-0.1, -0.05) is 23.7 Å². The van der Waals surface area contributed by atoms with Crippen LogP contribution >= 0.6 is 11.6 Å². The summed E-state index contributed by atoms with van der Waals surface area (Å²) >= 11 is 6.15. The second kappa shape index (κ2) is 9.70. The number of aliphatic hydroxyl groups excluding tert-OH is 1. The number of phenolic OH excluding ortho intramolecular Hbond substituents is 1. The molecule has 0 bridgehead atoms. The number of alkyl halides is 3. The SMILES string of the molecule is COc1cc(/C(O)=C2\C(=O)C(=O)N(c3ccc(C(F)(F)F)cc3)C2c2cccc(O)c2)c(OC)cc1Cl. The molecule has 0 aliphatic carbocycles. The molecule has 1 saturated heterocycles. The van der Waals surface area contributed by atoms with Gasteiger partial charge in [-0.05, 0) is 48.0 Å². The minimum atomic E-state index is -4.61. The highest BCUT2D eigenvalue weighted by Gasteiger charge is 2.47. The highest BCUT2D eigenvalue weighted by atomic mass is 35.5. The van der Waals surface area contributed by atoms with Crippen LogP contribution in [0.2, 0.25) is 5.02 Å². The van der Waals surface area contributed by atoms with Crippen molar-refractivity contribution in [3.05, 3.63) is 87.9 Å². The molecule has 2 N–H and O–H groups in total. The Balaban J connectivity index is 1.97. The fraction of sp³-hybridized carbons (Fsp3) is 0.154. The van der Waals surface area contributed by atoms with Crippen molar-refractivity contribution in [2.24, 2.45) is 0 Å². The molecule has 0 aromatic heterocycles. The fourth-order valence-corrected chi connectivity index (χ4v) is 4.34. The van der Waals surface area contributed by atoms with Gasteiger partial charge in [0.2, 0.25) is 0 Å². The zero-order valence-electron chi connectivity index (χ0n) is 19.3. The van der Waals surface area contributed by atoms with Crippen molar-refractivity contribution in [1.82, 2.24) is 0 Å². The van der Waals surface area contributed by atoms with E-state index in [4.69, 9.17) is 21.1 Å². The summed E-state index contributed by atoms with van der Waals surface area (Å²) in [5.41, 5.74) is -1.14. The summed E-state index contributed by atoms with van der Waals surface area (Å²) in [6.07, 6.45) is -4.61. The number of nitrogens with zero attached hydrogens (tertiary/aromatic N) is 1. The Morgan fingerprint density at radius 1 is 0.973 bits per heavy atom. The largest absolute Gasteiger partial charge is 0.508 e. The number of amides is 1. The summed E-state index contributed by atoms with van der Waals surface area (Å²) in [6.45, 7) is 0. The lowest BCUT2D eigenvalue weighted by molar-refractivity contribution is -0.137. The van der Waals surface area contributed by atoms with E-state index in [0.717, 1.165) is 29.2 Å². The van der Waals surface area contributed by atoms with Crippen LogP contribution in [0.4, 0.5) is 18.9 Å². The van der Waals surface area contributed by atoms with Crippen molar-refractivity contribution in [3.63, 3.8) is 0 Å². The molecule has 0 saturated carbocycles. The predicted molar refractivity (Wildman–Crippen MR) is 129 cm³/mol. The predicted octanol–water partition coefficient (Wildman–Crippen LogP) is 5.71. The van der Waals surface area contributed by atoms with Crippen molar-refractivity contribution in [3.8, 4) is 17.2 Å². The maximum Gasteiger partial charge on any atom is 0.416 e. The molecule has 192 valence electrons. The van der Waals surface area contributed by atoms with Crippen LogP contribution in [0, 0.1) is 0 Å². The summed E-state index contributed by atoms with van der Waals surface area (Å²) in [4.78, 5) is 27.4. The van der Waals surface area contributed by atoms with Gasteiger partial charge in [0.15, 0.2) is 0 Å². The second-order valence-electron chi connectivity index (χ2n) is 8.00. The average Bonchev–Trinajstić information content (AvgIpc) is 3.13. The highest BCUT2D eigenvalue weighted by Crippen LogP contribution is 2.45. The Bertz CT molecular complexity index is 1420. The molecule has 0 radical (unpaired) electrons. The topological polar surface area (TPSA) is 96.3 Å². The molecule has 1 fully saturated rings. The van der Waals surface area contributed by atoms with Gasteiger partial charge in [-0.15, -0.1) is 0 Å². The number of carbonyl (C=O) groups is 2. The molecule has 1 aliphatic heterocycles. The maximum absolute atomic E-state index is 13.3. The Morgan fingerprint density at radius 2 is 1.62 bits per heavy atom. The monoisotopic (exact) mass is 533 g/mol. The van der Waals surface area contributed by atoms with Crippen LogP contribution in [-0.2, 0) is 15.8 Å². The van der Waals surface area contributed by atoms with E-state index in [1.807, 2.05) is 0 Å². The van der Waals surface area contributed by atoms with Crippen LogP contribution < -0.4 is 14.4 Å². The third kappa shape index (κ3) is 4.67. The molecule has 3 aromatic rings. The number of Topliss-reactive ketones (excluding diaryl/α,β-unsaturated/α-hetero) is 1. The number of hydrogen-bond acceptors (Lipinski definition) is 6. The summed E-state index contributed by atoms with van der Waals surface area (Å²) in [5.74, 6) is -2.79. The number of benzene rings is 3. The van der Waals surface area contributed by atoms with E-state index in [0.29, 0.717) is 0 Å². The number of ether oxygens (including phenoxy) is 2. The van der Waals surface area contributed by atoms with Gasteiger partial charge in [0.05, 0.1) is 42.0 Å². The number of phenols is 1. The molecular formula is C26H19ClF3NO6. The molecule has 4 rings (SSSR count). The Kier molecular flexibility index (Phi) is 6.79. The number of aliphatic hydroxyl groups is 1. The van der Waals surface area contributed by atoms with Gasteiger partial charge >= 0.3 is 6.18 Å². The van der Waals surface area contributed by atoms with Crippen molar-refractivity contribution in [1.29, 1.82) is 0 Å². The number of halogens is 4. The number of methoxy groups -OCH3 is 2. The minimum Gasteiger partial charge on any atom is -0.508 e. The van der Waals surface area contributed by atoms with Gasteiger partial charge in [-0.2, -0.15) is 13.2 Å². The van der Waals surface area contributed by atoms with Crippen molar-refractivity contribution in [2.45, 2.75) is 12.2 Å². The number of rotatable bonds is 5. The Hall–Kier alpha value is -4.18. The third-order valence-corrected chi connectivity index (χ3v) is 6.13. The quantitative estimate of drug-likeness (QED) is 0.248. The van der Waals surface area contributed by atoms with Crippen LogP contribution in [0.5, 0.6) is 17.2 Å². The Morgan fingerprint density at radius 3 is 2.19 bits per heavy atom. The normalized spacial score (nSPS) is 17.2. The zero-order valence-corrected chi connectivity index (χ0v) is 20.1. The molecule has 1 aliphatic rings. The first-order valence-electron chi connectivity index (χ1n) is 10.7. The minimum absolute atomic E-state index is 0.0145. The molecule has 1 amide bonds. The van der Waals surface area contributed by atoms with Crippen LogP contribution in [0.25, 0.3) is 5.76 Å². The summed E-state index contributed by atoms with van der Waals surface area (Å²) in [5, 5.41) is 21.6. The smallest absolute Gasteiger partial charge is 0.416 e. The van der Waals surface area contributed by atoms with Gasteiger partial charge < -0.3 is 19.7 Å². The summed E-state index contributed by atoms with van der Waals surface area (Å²) in [7, 11) is 2.65. The van der Waals surface area contributed by atoms with Crippen LogP contribution in [0.15, 0.2) is 66.2 Å². The average molecular weight is 534 g/mol. The van der Waals surface area contributed by atoms with Gasteiger partial charge in [-0.25, -0.2) is 0 Å². The number of carbonyl (C=O) groups excluding carboxylic acids is 2. The number of anilines is 1. The van der Waals surface area contributed by atoms with Crippen molar-refractivity contribution < 1.29 is 42.4 Å². The molecule has 1 atom stereocenters. The van der Waals surface area contributed by atoms with E-state index in [1.54, 1.807) is 0 Å². The van der Waals surface area contributed by atoms with Gasteiger partial charge in [0.1, 0.15) is 23.0 Å². The zero-order chi connectivity index (χ0) is 27.1. The summed E-state index contributed by atoms with van der Waals surface area (Å²) < 4.78 is 49.8. The number of aromatic hydroxyl groups is 1. The van der Waals surface area contributed by atoms with E-state index < -0.39 is 35.2 Å². The van der Waals surface area contributed by atoms with Gasteiger partial charge in [0.25, 0.3) is 11.7 Å². The molecule has 1 heterocycles.